The zero-order chi connectivity index (χ0) is 35.4. The highest BCUT2D eigenvalue weighted by Gasteiger charge is 2.22. The van der Waals surface area contributed by atoms with Crippen LogP contribution in [0.15, 0.2) is 12.2 Å². The number of phosphoric ester groups is 1. The van der Waals surface area contributed by atoms with E-state index in [9.17, 15) is 14.2 Å². The summed E-state index contributed by atoms with van der Waals surface area (Å²) in [7, 11) is -4.75. The maximum Gasteiger partial charge on any atom is 0.469 e. The molecule has 8 nitrogen and oxygen atoms in total. The van der Waals surface area contributed by atoms with Gasteiger partial charge in [0.15, 0.2) is 6.10 Å². The summed E-state index contributed by atoms with van der Waals surface area (Å²) >= 11 is 0. The summed E-state index contributed by atoms with van der Waals surface area (Å²) in [5, 5.41) is 0. The van der Waals surface area contributed by atoms with Crippen LogP contribution in [0.25, 0.3) is 0 Å². The van der Waals surface area contributed by atoms with Crippen molar-refractivity contribution in [2.75, 3.05) is 13.2 Å². The van der Waals surface area contributed by atoms with Gasteiger partial charge in [-0.1, -0.05) is 167 Å². The summed E-state index contributed by atoms with van der Waals surface area (Å²) in [5.74, 6) is -0.885. The number of phosphoric acid groups is 1. The molecule has 0 rings (SSSR count). The van der Waals surface area contributed by atoms with Gasteiger partial charge in [0, 0.05) is 12.8 Å². The molecule has 1 atom stereocenters. The van der Waals surface area contributed by atoms with Crippen LogP contribution in [0, 0.1) is 0 Å². The Morgan fingerprint density at radius 1 is 0.521 bits per heavy atom. The molecule has 0 saturated heterocycles. The van der Waals surface area contributed by atoms with Crippen LogP contribution in [0.4, 0.5) is 0 Å². The summed E-state index contributed by atoms with van der Waals surface area (Å²) in [6.07, 6.45) is 37.8. The third-order valence-electron chi connectivity index (χ3n) is 8.78. The fourth-order valence-electron chi connectivity index (χ4n) is 5.78. The van der Waals surface area contributed by atoms with Crippen molar-refractivity contribution in [2.24, 2.45) is 0 Å². The van der Waals surface area contributed by atoms with Crippen LogP contribution >= 0.6 is 7.82 Å². The van der Waals surface area contributed by atoms with Crippen LogP contribution < -0.4 is 0 Å². The molecule has 0 fully saturated rings. The molecule has 0 aliphatic heterocycles. The molecule has 284 valence electrons. The fraction of sp³-hybridized carbons (Fsp3) is 0.897. The Bertz CT molecular complexity index is 797. The number of hydrogen-bond donors (Lipinski definition) is 2. The first kappa shape index (κ1) is 46.8. The first-order valence-electron chi connectivity index (χ1n) is 20.0. The van der Waals surface area contributed by atoms with Crippen LogP contribution in [0.3, 0.4) is 0 Å². The average Bonchev–Trinajstić information content (AvgIpc) is 3.05. The first-order chi connectivity index (χ1) is 23.3. The molecule has 9 heteroatoms. The smallest absolute Gasteiger partial charge is 0.462 e. The minimum Gasteiger partial charge on any atom is -0.462 e. The third-order valence-corrected chi connectivity index (χ3v) is 9.27. The van der Waals surface area contributed by atoms with Gasteiger partial charge in [-0.2, -0.15) is 0 Å². The molecule has 0 aromatic rings. The molecule has 0 radical (unpaired) electrons. The van der Waals surface area contributed by atoms with E-state index in [4.69, 9.17) is 19.3 Å². The van der Waals surface area contributed by atoms with Gasteiger partial charge < -0.3 is 19.3 Å². The van der Waals surface area contributed by atoms with E-state index in [1.54, 1.807) is 0 Å². The van der Waals surface area contributed by atoms with Crippen molar-refractivity contribution in [3.05, 3.63) is 12.2 Å². The number of ether oxygens (including phenoxy) is 2. The van der Waals surface area contributed by atoms with E-state index in [-0.39, 0.29) is 19.4 Å². The minimum absolute atomic E-state index is 0.206. The highest BCUT2D eigenvalue weighted by Crippen LogP contribution is 2.36. The lowest BCUT2D eigenvalue weighted by Gasteiger charge is -2.18. The Morgan fingerprint density at radius 2 is 0.875 bits per heavy atom. The molecule has 0 aromatic heterocycles. The van der Waals surface area contributed by atoms with Gasteiger partial charge in [-0.15, -0.1) is 0 Å². The zero-order valence-corrected chi connectivity index (χ0v) is 32.0. The van der Waals surface area contributed by atoms with E-state index in [0.717, 1.165) is 51.4 Å². The van der Waals surface area contributed by atoms with Crippen molar-refractivity contribution < 1.29 is 37.9 Å². The van der Waals surface area contributed by atoms with Crippen molar-refractivity contribution >= 4 is 19.8 Å². The number of rotatable bonds is 37. The van der Waals surface area contributed by atoms with Gasteiger partial charge in [0.05, 0.1) is 6.61 Å². The van der Waals surface area contributed by atoms with E-state index >= 15 is 0 Å². The topological polar surface area (TPSA) is 119 Å². The predicted octanol–water partition coefficient (Wildman–Crippen LogP) is 11.8. The number of carbonyl (C=O) groups excluding carboxylic acids is 2. The van der Waals surface area contributed by atoms with Crippen molar-refractivity contribution in [3.8, 4) is 0 Å². The summed E-state index contributed by atoms with van der Waals surface area (Å²) in [6, 6.07) is 0. The largest absolute Gasteiger partial charge is 0.469 e. The van der Waals surface area contributed by atoms with Gasteiger partial charge in [0.25, 0.3) is 0 Å². The van der Waals surface area contributed by atoms with E-state index in [2.05, 4.69) is 30.5 Å². The van der Waals surface area contributed by atoms with Crippen LogP contribution in [-0.4, -0.2) is 41.0 Å². The molecular weight excluding hydrogens is 627 g/mol. The molecule has 0 saturated carbocycles. The maximum absolute atomic E-state index is 12.4. The van der Waals surface area contributed by atoms with E-state index in [1.165, 1.54) is 122 Å². The van der Waals surface area contributed by atoms with Crippen LogP contribution in [0.1, 0.15) is 206 Å². The number of esters is 2. The van der Waals surface area contributed by atoms with Gasteiger partial charge in [0.2, 0.25) is 0 Å². The second-order valence-corrected chi connectivity index (χ2v) is 14.9. The highest BCUT2D eigenvalue weighted by atomic mass is 31.2. The molecule has 0 aliphatic rings. The molecular formula is C39H75O8P. The van der Waals surface area contributed by atoms with Crippen LogP contribution in [-0.2, 0) is 28.2 Å². The number of carbonyl (C=O) groups is 2. The predicted molar refractivity (Wildman–Crippen MR) is 198 cm³/mol. The Labute approximate surface area is 295 Å². The zero-order valence-electron chi connectivity index (χ0n) is 31.2. The Balaban J connectivity index is 3.92. The molecule has 0 aromatic carbocycles. The number of hydrogen-bond acceptors (Lipinski definition) is 6. The normalized spacial score (nSPS) is 12.5. The average molecular weight is 703 g/mol. The molecule has 0 spiro atoms. The molecule has 0 aliphatic carbocycles. The Morgan fingerprint density at radius 3 is 1.27 bits per heavy atom. The lowest BCUT2D eigenvalue weighted by atomic mass is 10.0. The van der Waals surface area contributed by atoms with Gasteiger partial charge in [-0.3, -0.25) is 14.1 Å². The summed E-state index contributed by atoms with van der Waals surface area (Å²) in [5.41, 5.74) is 0. The second kappa shape index (κ2) is 35.6. The van der Waals surface area contributed by atoms with Gasteiger partial charge in [-0.25, -0.2) is 4.57 Å². The monoisotopic (exact) mass is 703 g/mol. The lowest BCUT2D eigenvalue weighted by Crippen LogP contribution is -2.29. The Hall–Kier alpha value is -1.21. The summed E-state index contributed by atoms with van der Waals surface area (Å²) < 4.78 is 26.3. The molecule has 48 heavy (non-hydrogen) atoms. The quantitative estimate of drug-likeness (QED) is 0.0284. The van der Waals surface area contributed by atoms with Gasteiger partial charge in [0.1, 0.15) is 6.61 Å². The maximum atomic E-state index is 12.4. The minimum atomic E-state index is -4.75. The molecule has 0 unspecified atom stereocenters. The molecule has 0 amide bonds. The molecule has 2 N–H and O–H groups in total. The van der Waals surface area contributed by atoms with Crippen molar-refractivity contribution in [3.63, 3.8) is 0 Å². The van der Waals surface area contributed by atoms with E-state index in [0.29, 0.717) is 6.42 Å². The lowest BCUT2D eigenvalue weighted by molar-refractivity contribution is -0.161. The van der Waals surface area contributed by atoms with Crippen molar-refractivity contribution in [1.82, 2.24) is 0 Å². The van der Waals surface area contributed by atoms with Crippen LogP contribution in [0.5, 0.6) is 0 Å². The van der Waals surface area contributed by atoms with E-state index < -0.39 is 32.5 Å². The molecule has 0 bridgehead atoms. The molecule has 0 heterocycles. The van der Waals surface area contributed by atoms with Gasteiger partial charge >= 0.3 is 19.8 Å². The summed E-state index contributed by atoms with van der Waals surface area (Å²) in [6.45, 7) is 3.68. The third kappa shape index (κ3) is 37.6. The van der Waals surface area contributed by atoms with Gasteiger partial charge in [-0.05, 0) is 38.5 Å². The second-order valence-electron chi connectivity index (χ2n) is 13.6. The van der Waals surface area contributed by atoms with E-state index in [1.807, 2.05) is 0 Å². The number of unbranched alkanes of at least 4 members (excludes halogenated alkanes) is 25. The SMILES string of the molecule is CCCCCCCC/C=C\CCCCCCCC(=O)O[C@@H](COC(=O)CCCCCCCCCCCCCCCCC)COP(=O)(O)O. The first-order valence-corrected chi connectivity index (χ1v) is 21.5. The number of allylic oxidation sites excluding steroid dienone is 2. The van der Waals surface area contributed by atoms with Crippen LogP contribution in [0.2, 0.25) is 0 Å². The standard InChI is InChI=1S/C39H75O8P/c1-3-5-7-9-11-13-15-17-19-21-23-25-27-29-31-33-38(40)45-35-37(36-46-48(42,43)44)47-39(41)34-32-30-28-26-24-22-20-18-16-14-12-10-8-6-4-2/h18,20,37H,3-17,19,21-36H2,1-2H3,(H2,42,43,44)/b20-18-/t37-/m0/s1. The summed E-state index contributed by atoms with van der Waals surface area (Å²) in [4.78, 5) is 42.7. The van der Waals surface area contributed by atoms with Crippen molar-refractivity contribution in [2.45, 2.75) is 213 Å². The van der Waals surface area contributed by atoms with Crippen molar-refractivity contribution in [1.29, 1.82) is 0 Å². The Kier molecular flexibility index (Phi) is 34.7. The highest BCUT2D eigenvalue weighted by molar-refractivity contribution is 7.46. The fourth-order valence-corrected chi connectivity index (χ4v) is 6.14.